The minimum atomic E-state index is 0.704. The molecule has 0 spiro atoms. The highest BCUT2D eigenvalue weighted by Gasteiger charge is 2.10. The number of nitriles is 1. The first kappa shape index (κ1) is 15.8. The minimum absolute atomic E-state index is 0.704. The third kappa shape index (κ3) is 4.21. The van der Waals surface area contributed by atoms with Gasteiger partial charge in [0, 0.05) is 18.5 Å². The number of halogens is 1. The standard InChI is InChI=1S/C16H18ClN3S/c1-3-19-10-12-4-6-15(13(8-12)9-18)20(2)11-14-5-7-16(17)21-14/h4-8,19H,3,10-11H2,1-2H3. The van der Waals surface area contributed by atoms with Gasteiger partial charge in [-0.3, -0.25) is 0 Å². The largest absolute Gasteiger partial charge is 0.368 e. The third-order valence-corrected chi connectivity index (χ3v) is 4.41. The molecule has 0 aliphatic heterocycles. The van der Waals surface area contributed by atoms with E-state index in [2.05, 4.69) is 29.3 Å². The third-order valence-electron chi connectivity index (χ3n) is 3.19. The second kappa shape index (κ2) is 7.46. The number of hydrogen-bond donors (Lipinski definition) is 1. The lowest BCUT2D eigenvalue weighted by Gasteiger charge is -2.20. The van der Waals surface area contributed by atoms with Crippen LogP contribution in [0.3, 0.4) is 0 Å². The summed E-state index contributed by atoms with van der Waals surface area (Å²) in [6, 6.07) is 12.3. The summed E-state index contributed by atoms with van der Waals surface area (Å²) in [6.07, 6.45) is 0. The van der Waals surface area contributed by atoms with E-state index >= 15 is 0 Å². The molecule has 0 atom stereocenters. The molecule has 1 aromatic carbocycles. The topological polar surface area (TPSA) is 39.1 Å². The zero-order chi connectivity index (χ0) is 15.2. The summed E-state index contributed by atoms with van der Waals surface area (Å²) in [6.45, 7) is 4.52. The summed E-state index contributed by atoms with van der Waals surface area (Å²) in [5.74, 6) is 0. The van der Waals surface area contributed by atoms with Crippen molar-refractivity contribution in [3.8, 4) is 6.07 Å². The van der Waals surface area contributed by atoms with Gasteiger partial charge in [0.1, 0.15) is 6.07 Å². The van der Waals surface area contributed by atoms with Crippen LogP contribution in [0.25, 0.3) is 0 Å². The molecule has 0 fully saturated rings. The highest BCUT2D eigenvalue weighted by Crippen LogP contribution is 2.26. The molecule has 0 saturated heterocycles. The van der Waals surface area contributed by atoms with Crippen molar-refractivity contribution in [3.05, 3.63) is 50.7 Å². The summed E-state index contributed by atoms with van der Waals surface area (Å²) >= 11 is 7.53. The van der Waals surface area contributed by atoms with Gasteiger partial charge >= 0.3 is 0 Å². The molecule has 2 aromatic rings. The first-order valence-corrected chi connectivity index (χ1v) is 8.02. The van der Waals surface area contributed by atoms with Crippen molar-refractivity contribution >= 4 is 28.6 Å². The highest BCUT2D eigenvalue weighted by atomic mass is 35.5. The van der Waals surface area contributed by atoms with Gasteiger partial charge < -0.3 is 10.2 Å². The minimum Gasteiger partial charge on any atom is -0.368 e. The Morgan fingerprint density at radius 3 is 2.76 bits per heavy atom. The number of anilines is 1. The normalized spacial score (nSPS) is 10.4. The van der Waals surface area contributed by atoms with Crippen LogP contribution in [0.2, 0.25) is 4.34 Å². The van der Waals surface area contributed by atoms with Crippen molar-refractivity contribution in [2.45, 2.75) is 20.0 Å². The summed E-state index contributed by atoms with van der Waals surface area (Å²) in [5, 5.41) is 12.6. The van der Waals surface area contributed by atoms with Crippen LogP contribution in [0.15, 0.2) is 30.3 Å². The van der Waals surface area contributed by atoms with Crippen molar-refractivity contribution in [1.29, 1.82) is 5.26 Å². The molecule has 3 nitrogen and oxygen atoms in total. The molecular weight excluding hydrogens is 302 g/mol. The Labute approximate surface area is 134 Å². The van der Waals surface area contributed by atoms with Crippen LogP contribution in [0.1, 0.15) is 22.9 Å². The van der Waals surface area contributed by atoms with Crippen molar-refractivity contribution in [1.82, 2.24) is 5.32 Å². The zero-order valence-electron chi connectivity index (χ0n) is 12.2. The summed E-state index contributed by atoms with van der Waals surface area (Å²) < 4.78 is 0.792. The Kier molecular flexibility index (Phi) is 5.63. The van der Waals surface area contributed by atoms with Crippen LogP contribution in [0, 0.1) is 11.3 Å². The molecule has 5 heteroatoms. The Morgan fingerprint density at radius 1 is 1.33 bits per heavy atom. The first-order chi connectivity index (χ1) is 10.1. The average molecular weight is 320 g/mol. The second-order valence-corrected chi connectivity index (χ2v) is 6.61. The molecule has 21 heavy (non-hydrogen) atoms. The van der Waals surface area contributed by atoms with Gasteiger partial charge in [-0.2, -0.15) is 5.26 Å². The molecule has 0 unspecified atom stereocenters. The van der Waals surface area contributed by atoms with E-state index in [4.69, 9.17) is 11.6 Å². The maximum absolute atomic E-state index is 9.37. The lowest BCUT2D eigenvalue weighted by Crippen LogP contribution is -2.17. The maximum atomic E-state index is 9.37. The van der Waals surface area contributed by atoms with Gasteiger partial charge in [0.25, 0.3) is 0 Å². The lowest BCUT2D eigenvalue weighted by molar-refractivity contribution is 0.726. The van der Waals surface area contributed by atoms with Gasteiger partial charge in [-0.1, -0.05) is 24.6 Å². The zero-order valence-corrected chi connectivity index (χ0v) is 13.8. The smallest absolute Gasteiger partial charge is 0.101 e. The fourth-order valence-electron chi connectivity index (χ4n) is 2.14. The Bertz CT molecular complexity index is 645. The predicted octanol–water partition coefficient (Wildman–Crippen LogP) is 4.02. The van der Waals surface area contributed by atoms with Crippen LogP contribution < -0.4 is 10.2 Å². The van der Waals surface area contributed by atoms with Gasteiger partial charge in [0.05, 0.1) is 22.1 Å². The van der Waals surface area contributed by atoms with E-state index in [0.29, 0.717) is 5.56 Å². The second-order valence-electron chi connectivity index (χ2n) is 4.81. The summed E-state index contributed by atoms with van der Waals surface area (Å²) in [7, 11) is 1.99. The molecule has 1 aromatic heterocycles. The Morgan fingerprint density at radius 2 is 2.14 bits per heavy atom. The average Bonchev–Trinajstić information content (AvgIpc) is 2.89. The van der Waals surface area contributed by atoms with Crippen LogP contribution in [0.4, 0.5) is 5.69 Å². The molecule has 0 saturated carbocycles. The fraction of sp³-hybridized carbons (Fsp3) is 0.312. The number of rotatable bonds is 6. The molecule has 0 aliphatic carbocycles. The van der Waals surface area contributed by atoms with E-state index < -0.39 is 0 Å². The molecule has 2 rings (SSSR count). The molecule has 110 valence electrons. The molecule has 1 heterocycles. The van der Waals surface area contributed by atoms with E-state index in [1.54, 1.807) is 11.3 Å². The molecule has 0 bridgehead atoms. The van der Waals surface area contributed by atoms with E-state index in [0.717, 1.165) is 35.2 Å². The van der Waals surface area contributed by atoms with Crippen molar-refractivity contribution in [3.63, 3.8) is 0 Å². The van der Waals surface area contributed by atoms with Gasteiger partial charge in [-0.15, -0.1) is 11.3 Å². The maximum Gasteiger partial charge on any atom is 0.101 e. The molecule has 1 N–H and O–H groups in total. The quantitative estimate of drug-likeness (QED) is 0.874. The lowest BCUT2D eigenvalue weighted by atomic mass is 10.1. The number of nitrogens with zero attached hydrogens (tertiary/aromatic N) is 2. The highest BCUT2D eigenvalue weighted by molar-refractivity contribution is 7.16. The number of hydrogen-bond acceptors (Lipinski definition) is 4. The molecule has 0 amide bonds. The van der Waals surface area contributed by atoms with Crippen LogP contribution in [-0.2, 0) is 13.1 Å². The SMILES string of the molecule is CCNCc1ccc(N(C)Cc2ccc(Cl)s2)c(C#N)c1. The van der Waals surface area contributed by atoms with Gasteiger partial charge in [-0.05, 0) is 36.4 Å². The van der Waals surface area contributed by atoms with Crippen molar-refractivity contribution in [2.24, 2.45) is 0 Å². The molecule has 0 radical (unpaired) electrons. The number of thiophene rings is 1. The Hall–Kier alpha value is -1.54. The van der Waals surface area contributed by atoms with E-state index in [-0.39, 0.29) is 0 Å². The number of nitrogens with one attached hydrogen (secondary N) is 1. The summed E-state index contributed by atoms with van der Waals surface area (Å²) in [5.41, 5.74) is 2.78. The van der Waals surface area contributed by atoms with Gasteiger partial charge in [-0.25, -0.2) is 0 Å². The predicted molar refractivity (Wildman–Crippen MR) is 90.0 cm³/mol. The van der Waals surface area contributed by atoms with Gasteiger partial charge in [0.2, 0.25) is 0 Å². The molecule has 0 aliphatic rings. The van der Waals surface area contributed by atoms with Crippen molar-refractivity contribution in [2.75, 3.05) is 18.5 Å². The fourth-order valence-corrected chi connectivity index (χ4v) is 3.28. The molecular formula is C16H18ClN3S. The van der Waals surface area contributed by atoms with E-state index in [1.807, 2.05) is 31.3 Å². The van der Waals surface area contributed by atoms with Crippen LogP contribution >= 0.6 is 22.9 Å². The van der Waals surface area contributed by atoms with Crippen molar-refractivity contribution < 1.29 is 0 Å². The van der Waals surface area contributed by atoms with Gasteiger partial charge in [0.15, 0.2) is 0 Å². The van der Waals surface area contributed by atoms with Crippen LogP contribution in [0.5, 0.6) is 0 Å². The van der Waals surface area contributed by atoms with E-state index in [1.165, 1.54) is 4.88 Å². The summed E-state index contributed by atoms with van der Waals surface area (Å²) in [4.78, 5) is 3.26. The monoisotopic (exact) mass is 319 g/mol. The first-order valence-electron chi connectivity index (χ1n) is 6.83. The Balaban J connectivity index is 2.16. The van der Waals surface area contributed by atoms with Crippen LogP contribution in [-0.4, -0.2) is 13.6 Å². The number of benzene rings is 1. The van der Waals surface area contributed by atoms with E-state index in [9.17, 15) is 5.26 Å².